The van der Waals surface area contributed by atoms with Crippen molar-refractivity contribution in [2.75, 3.05) is 13.2 Å². The van der Waals surface area contributed by atoms with Gasteiger partial charge in [0.15, 0.2) is 0 Å². The van der Waals surface area contributed by atoms with E-state index in [2.05, 4.69) is 5.32 Å². The van der Waals surface area contributed by atoms with Gasteiger partial charge in [-0.1, -0.05) is 0 Å². The molecule has 0 aliphatic carbocycles. The maximum Gasteiger partial charge on any atom is 0.236 e. The average Bonchev–Trinajstić information content (AvgIpc) is 2.51. The molecule has 0 aromatic rings. The number of halogens is 1. The first kappa shape index (κ1) is 12.7. The van der Waals surface area contributed by atoms with E-state index in [9.17, 15) is 4.79 Å². The van der Waals surface area contributed by atoms with Crippen LogP contribution in [0.1, 0.15) is 19.8 Å². The summed E-state index contributed by atoms with van der Waals surface area (Å²) >= 11 is 0. The van der Waals surface area contributed by atoms with Crippen LogP contribution >= 0.6 is 12.4 Å². The smallest absolute Gasteiger partial charge is 0.236 e. The molecule has 1 aliphatic rings. The molecule has 1 aliphatic heterocycles. The topological polar surface area (TPSA) is 64.4 Å². The predicted molar refractivity (Wildman–Crippen MR) is 52.9 cm³/mol. The number of hydrogen-bond acceptors (Lipinski definition) is 3. The molecule has 1 rings (SSSR count). The van der Waals surface area contributed by atoms with Crippen molar-refractivity contribution in [3.63, 3.8) is 0 Å². The van der Waals surface area contributed by atoms with E-state index in [1.807, 2.05) is 0 Å². The van der Waals surface area contributed by atoms with Crippen molar-refractivity contribution in [2.45, 2.75) is 31.9 Å². The molecule has 2 unspecified atom stereocenters. The molecular formula is C8H17ClN2O2. The first-order valence-electron chi connectivity index (χ1n) is 4.35. The maximum absolute atomic E-state index is 11.0. The number of carbonyl (C=O) groups is 1. The Morgan fingerprint density at radius 1 is 1.77 bits per heavy atom. The summed E-state index contributed by atoms with van der Waals surface area (Å²) in [6.07, 6.45) is 2.34. The third kappa shape index (κ3) is 4.45. The standard InChI is InChI=1S/C8H16N2O2.ClH/c1-6(9)8(11)10-5-7-3-2-4-12-7;/h6-7H,2-5,9H2,1H3,(H,10,11);1H. The van der Waals surface area contributed by atoms with Crippen LogP contribution < -0.4 is 11.1 Å². The van der Waals surface area contributed by atoms with E-state index >= 15 is 0 Å². The zero-order valence-corrected chi connectivity index (χ0v) is 8.60. The summed E-state index contributed by atoms with van der Waals surface area (Å²) < 4.78 is 5.33. The molecule has 78 valence electrons. The Hall–Kier alpha value is -0.320. The van der Waals surface area contributed by atoms with E-state index < -0.39 is 6.04 Å². The molecule has 0 bridgehead atoms. The quantitative estimate of drug-likeness (QED) is 0.689. The van der Waals surface area contributed by atoms with Gasteiger partial charge in [-0.05, 0) is 19.8 Å². The van der Waals surface area contributed by atoms with E-state index in [4.69, 9.17) is 10.5 Å². The lowest BCUT2D eigenvalue weighted by molar-refractivity contribution is -0.122. The van der Waals surface area contributed by atoms with Crippen LogP contribution in [-0.2, 0) is 9.53 Å². The van der Waals surface area contributed by atoms with Gasteiger partial charge in [-0.25, -0.2) is 0 Å². The number of carbonyl (C=O) groups excluding carboxylic acids is 1. The summed E-state index contributed by atoms with van der Waals surface area (Å²) in [5.41, 5.74) is 5.37. The SMILES string of the molecule is CC(N)C(=O)NCC1CCCO1.Cl. The molecule has 1 heterocycles. The fourth-order valence-corrected chi connectivity index (χ4v) is 1.18. The summed E-state index contributed by atoms with van der Waals surface area (Å²) in [5.74, 6) is -0.106. The molecule has 0 aromatic carbocycles. The van der Waals surface area contributed by atoms with Crippen molar-refractivity contribution >= 4 is 18.3 Å². The molecule has 1 fully saturated rings. The molecular weight excluding hydrogens is 192 g/mol. The Morgan fingerprint density at radius 2 is 2.46 bits per heavy atom. The Balaban J connectivity index is 0.00000144. The third-order valence-corrected chi connectivity index (χ3v) is 1.94. The molecule has 2 atom stereocenters. The van der Waals surface area contributed by atoms with Crippen LogP contribution in [0.3, 0.4) is 0 Å². The molecule has 5 heteroatoms. The number of hydrogen-bond donors (Lipinski definition) is 2. The minimum atomic E-state index is -0.425. The zero-order valence-electron chi connectivity index (χ0n) is 7.79. The van der Waals surface area contributed by atoms with Crippen LogP contribution in [0, 0.1) is 0 Å². The summed E-state index contributed by atoms with van der Waals surface area (Å²) in [4.78, 5) is 11.0. The van der Waals surface area contributed by atoms with Crippen LogP contribution in [0.2, 0.25) is 0 Å². The van der Waals surface area contributed by atoms with Gasteiger partial charge in [0.2, 0.25) is 5.91 Å². The molecule has 3 N–H and O–H groups in total. The van der Waals surface area contributed by atoms with Crippen molar-refractivity contribution in [3.05, 3.63) is 0 Å². The molecule has 1 amide bonds. The van der Waals surface area contributed by atoms with Crippen LogP contribution in [0.25, 0.3) is 0 Å². The van der Waals surface area contributed by atoms with E-state index in [0.717, 1.165) is 19.4 Å². The lowest BCUT2D eigenvalue weighted by atomic mass is 10.2. The monoisotopic (exact) mass is 208 g/mol. The Bertz CT molecular complexity index is 158. The lowest BCUT2D eigenvalue weighted by Gasteiger charge is -2.11. The lowest BCUT2D eigenvalue weighted by Crippen LogP contribution is -2.41. The first-order valence-corrected chi connectivity index (χ1v) is 4.35. The fraction of sp³-hybridized carbons (Fsp3) is 0.875. The van der Waals surface area contributed by atoms with Crippen LogP contribution in [0.5, 0.6) is 0 Å². The number of nitrogens with one attached hydrogen (secondary N) is 1. The molecule has 0 aromatic heterocycles. The number of ether oxygens (including phenoxy) is 1. The molecule has 0 radical (unpaired) electrons. The van der Waals surface area contributed by atoms with Gasteiger partial charge in [-0.3, -0.25) is 4.79 Å². The highest BCUT2D eigenvalue weighted by Gasteiger charge is 2.16. The summed E-state index contributed by atoms with van der Waals surface area (Å²) in [6.45, 7) is 3.09. The Labute approximate surface area is 84.6 Å². The molecule has 1 saturated heterocycles. The van der Waals surface area contributed by atoms with Gasteiger partial charge >= 0.3 is 0 Å². The highest BCUT2D eigenvalue weighted by atomic mass is 35.5. The van der Waals surface area contributed by atoms with E-state index in [-0.39, 0.29) is 24.4 Å². The largest absolute Gasteiger partial charge is 0.376 e. The van der Waals surface area contributed by atoms with Gasteiger partial charge in [0.1, 0.15) is 0 Å². The molecule has 0 saturated carbocycles. The fourth-order valence-electron chi connectivity index (χ4n) is 1.18. The van der Waals surface area contributed by atoms with Crippen molar-refractivity contribution < 1.29 is 9.53 Å². The van der Waals surface area contributed by atoms with Crippen LogP contribution in [-0.4, -0.2) is 31.2 Å². The van der Waals surface area contributed by atoms with Crippen molar-refractivity contribution in [2.24, 2.45) is 5.73 Å². The number of amides is 1. The molecule has 13 heavy (non-hydrogen) atoms. The second-order valence-electron chi connectivity index (χ2n) is 3.17. The third-order valence-electron chi connectivity index (χ3n) is 1.94. The van der Waals surface area contributed by atoms with E-state index in [1.165, 1.54) is 0 Å². The van der Waals surface area contributed by atoms with Crippen molar-refractivity contribution in [1.29, 1.82) is 0 Å². The minimum absolute atomic E-state index is 0. The maximum atomic E-state index is 11.0. The predicted octanol–water partition coefficient (Wildman–Crippen LogP) is 0.0506. The number of nitrogens with two attached hydrogens (primary N) is 1. The Morgan fingerprint density at radius 3 is 2.92 bits per heavy atom. The number of rotatable bonds is 3. The minimum Gasteiger partial charge on any atom is -0.376 e. The van der Waals surface area contributed by atoms with Crippen LogP contribution in [0.15, 0.2) is 0 Å². The van der Waals surface area contributed by atoms with Gasteiger partial charge in [-0.15, -0.1) is 12.4 Å². The second kappa shape index (κ2) is 6.18. The van der Waals surface area contributed by atoms with Crippen molar-refractivity contribution in [3.8, 4) is 0 Å². The van der Waals surface area contributed by atoms with Gasteiger partial charge in [-0.2, -0.15) is 0 Å². The molecule has 4 nitrogen and oxygen atoms in total. The van der Waals surface area contributed by atoms with Crippen LogP contribution in [0.4, 0.5) is 0 Å². The van der Waals surface area contributed by atoms with E-state index in [0.29, 0.717) is 6.54 Å². The normalized spacial score (nSPS) is 23.4. The second-order valence-corrected chi connectivity index (χ2v) is 3.17. The van der Waals surface area contributed by atoms with Gasteiger partial charge < -0.3 is 15.8 Å². The van der Waals surface area contributed by atoms with E-state index in [1.54, 1.807) is 6.92 Å². The summed E-state index contributed by atoms with van der Waals surface area (Å²) in [7, 11) is 0. The highest BCUT2D eigenvalue weighted by Crippen LogP contribution is 2.10. The summed E-state index contributed by atoms with van der Waals surface area (Å²) in [6, 6.07) is -0.425. The van der Waals surface area contributed by atoms with Gasteiger partial charge in [0.05, 0.1) is 12.1 Å². The zero-order chi connectivity index (χ0) is 8.97. The van der Waals surface area contributed by atoms with Crippen molar-refractivity contribution in [1.82, 2.24) is 5.32 Å². The summed E-state index contributed by atoms with van der Waals surface area (Å²) in [5, 5.41) is 2.74. The first-order chi connectivity index (χ1) is 5.70. The molecule has 0 spiro atoms. The van der Waals surface area contributed by atoms with Gasteiger partial charge in [0.25, 0.3) is 0 Å². The highest BCUT2D eigenvalue weighted by molar-refractivity contribution is 5.85. The Kier molecular flexibility index (Phi) is 6.03. The van der Waals surface area contributed by atoms with Gasteiger partial charge in [0, 0.05) is 13.2 Å². The average molecular weight is 209 g/mol.